The molecule has 3 fully saturated rings. The fraction of sp³-hybridized carbons (Fsp3) is 0.846. The van der Waals surface area contributed by atoms with Crippen LogP contribution in [0.4, 0.5) is 0 Å². The molecule has 0 bridgehead atoms. The van der Waals surface area contributed by atoms with Gasteiger partial charge in [-0.3, -0.25) is 9.69 Å². The van der Waals surface area contributed by atoms with E-state index in [0.717, 1.165) is 38.9 Å². The number of rotatable bonds is 1. The zero-order valence-corrected chi connectivity index (χ0v) is 10.2. The first-order valence-corrected chi connectivity index (χ1v) is 6.70. The third kappa shape index (κ3) is 1.64. The summed E-state index contributed by atoms with van der Waals surface area (Å²) in [7, 11) is 0. The second-order valence-corrected chi connectivity index (χ2v) is 5.63. The first-order chi connectivity index (χ1) is 8.25. The van der Waals surface area contributed by atoms with E-state index < -0.39 is 5.41 Å². The molecule has 0 aromatic heterocycles. The third-order valence-corrected chi connectivity index (χ3v) is 4.71. The summed E-state index contributed by atoms with van der Waals surface area (Å²) in [5.74, 6) is 0.109. The molecule has 0 radical (unpaired) electrons. The number of hydrogen-bond donors (Lipinski definition) is 0. The van der Waals surface area contributed by atoms with Gasteiger partial charge in [-0.2, -0.15) is 5.26 Å². The molecule has 3 aliphatic rings. The van der Waals surface area contributed by atoms with E-state index >= 15 is 0 Å². The number of carbonyl (C=O) groups excluding carboxylic acids is 1. The number of hydrogen-bond acceptors (Lipinski definition) is 3. The van der Waals surface area contributed by atoms with Gasteiger partial charge in [-0.05, 0) is 38.6 Å². The highest BCUT2D eigenvalue weighted by molar-refractivity contribution is 5.86. The van der Waals surface area contributed by atoms with Crippen molar-refractivity contribution in [3.05, 3.63) is 0 Å². The van der Waals surface area contributed by atoms with Crippen molar-refractivity contribution in [3.63, 3.8) is 0 Å². The molecule has 1 unspecified atom stereocenters. The predicted molar refractivity (Wildman–Crippen MR) is 63.1 cm³/mol. The van der Waals surface area contributed by atoms with Crippen molar-refractivity contribution in [1.82, 2.24) is 9.80 Å². The van der Waals surface area contributed by atoms with Crippen LogP contribution in [0.15, 0.2) is 0 Å². The maximum absolute atomic E-state index is 12.4. The van der Waals surface area contributed by atoms with Crippen molar-refractivity contribution in [3.8, 4) is 6.07 Å². The van der Waals surface area contributed by atoms with Gasteiger partial charge in [0.2, 0.25) is 5.91 Å². The maximum Gasteiger partial charge on any atom is 0.243 e. The van der Waals surface area contributed by atoms with Gasteiger partial charge in [-0.1, -0.05) is 0 Å². The highest BCUT2D eigenvalue weighted by atomic mass is 16.2. The van der Waals surface area contributed by atoms with Gasteiger partial charge in [-0.15, -0.1) is 0 Å². The molecular weight excluding hydrogens is 214 g/mol. The summed E-state index contributed by atoms with van der Waals surface area (Å²) in [6.07, 6.45) is 5.04. The van der Waals surface area contributed by atoms with E-state index in [-0.39, 0.29) is 5.91 Å². The second-order valence-electron chi connectivity index (χ2n) is 5.63. The minimum atomic E-state index is -0.652. The van der Waals surface area contributed by atoms with Gasteiger partial charge in [-0.25, -0.2) is 0 Å². The largest absolute Gasteiger partial charge is 0.338 e. The van der Waals surface area contributed by atoms with Crippen molar-refractivity contribution in [1.29, 1.82) is 5.26 Å². The molecule has 0 aromatic rings. The minimum absolute atomic E-state index is 0.109. The Morgan fingerprint density at radius 2 is 2.06 bits per heavy atom. The Labute approximate surface area is 102 Å². The Hall–Kier alpha value is -1.08. The Kier molecular flexibility index (Phi) is 2.59. The van der Waals surface area contributed by atoms with Gasteiger partial charge in [0.25, 0.3) is 0 Å². The van der Waals surface area contributed by atoms with Gasteiger partial charge >= 0.3 is 0 Å². The van der Waals surface area contributed by atoms with Crippen LogP contribution in [-0.4, -0.2) is 47.9 Å². The van der Waals surface area contributed by atoms with Crippen molar-refractivity contribution in [2.24, 2.45) is 5.41 Å². The highest BCUT2D eigenvalue weighted by Crippen LogP contribution is 2.42. The lowest BCUT2D eigenvalue weighted by molar-refractivity contribution is -0.145. The fourth-order valence-corrected chi connectivity index (χ4v) is 3.38. The monoisotopic (exact) mass is 233 g/mol. The van der Waals surface area contributed by atoms with Crippen LogP contribution in [-0.2, 0) is 4.79 Å². The molecule has 0 spiro atoms. The van der Waals surface area contributed by atoms with Gasteiger partial charge in [0.1, 0.15) is 5.41 Å². The molecule has 2 heterocycles. The third-order valence-electron chi connectivity index (χ3n) is 4.71. The van der Waals surface area contributed by atoms with E-state index in [2.05, 4.69) is 11.0 Å². The molecule has 1 atom stereocenters. The summed E-state index contributed by atoms with van der Waals surface area (Å²) in [5, 5.41) is 9.22. The summed E-state index contributed by atoms with van der Waals surface area (Å²) in [5.41, 5.74) is -0.652. The van der Waals surface area contributed by atoms with Crippen LogP contribution in [0.5, 0.6) is 0 Å². The quantitative estimate of drug-likeness (QED) is 0.678. The van der Waals surface area contributed by atoms with Crippen LogP contribution in [0.25, 0.3) is 0 Å². The summed E-state index contributed by atoms with van der Waals surface area (Å²) < 4.78 is 0. The SMILES string of the molecule is N#CC1(C(=O)N2CCN3CCCC3C2)CCC1. The van der Waals surface area contributed by atoms with E-state index in [4.69, 9.17) is 0 Å². The molecule has 4 heteroatoms. The molecule has 1 aliphatic carbocycles. The van der Waals surface area contributed by atoms with Crippen LogP contribution < -0.4 is 0 Å². The Morgan fingerprint density at radius 1 is 1.24 bits per heavy atom. The normalized spacial score (nSPS) is 31.5. The van der Waals surface area contributed by atoms with Crippen LogP contribution in [0.3, 0.4) is 0 Å². The average molecular weight is 233 g/mol. The molecule has 2 saturated heterocycles. The zero-order valence-electron chi connectivity index (χ0n) is 10.2. The lowest BCUT2D eigenvalue weighted by Crippen LogP contribution is -2.56. The van der Waals surface area contributed by atoms with Crippen molar-refractivity contribution in [2.75, 3.05) is 26.2 Å². The fourth-order valence-electron chi connectivity index (χ4n) is 3.38. The molecule has 92 valence electrons. The second kappa shape index (κ2) is 3.99. The van der Waals surface area contributed by atoms with Crippen molar-refractivity contribution >= 4 is 5.91 Å². The highest BCUT2D eigenvalue weighted by Gasteiger charge is 2.48. The standard InChI is InChI=1S/C13H19N3O/c14-10-13(4-2-5-13)12(17)16-8-7-15-6-1-3-11(15)9-16/h11H,1-9H2. The summed E-state index contributed by atoms with van der Waals surface area (Å²) in [6.45, 7) is 3.86. The maximum atomic E-state index is 12.4. The lowest BCUT2D eigenvalue weighted by atomic mass is 9.69. The molecule has 0 N–H and O–H groups in total. The van der Waals surface area contributed by atoms with Gasteiger partial charge in [0.15, 0.2) is 0 Å². The Morgan fingerprint density at radius 3 is 2.71 bits per heavy atom. The van der Waals surface area contributed by atoms with Crippen molar-refractivity contribution in [2.45, 2.75) is 38.1 Å². The van der Waals surface area contributed by atoms with Crippen LogP contribution >= 0.6 is 0 Å². The molecule has 1 amide bonds. The molecule has 17 heavy (non-hydrogen) atoms. The Balaban J connectivity index is 1.69. The molecule has 1 saturated carbocycles. The zero-order chi connectivity index (χ0) is 11.9. The van der Waals surface area contributed by atoms with Crippen LogP contribution in [0.2, 0.25) is 0 Å². The van der Waals surface area contributed by atoms with E-state index in [0.29, 0.717) is 6.04 Å². The Bertz CT molecular complexity index is 369. The number of piperazine rings is 1. The molecule has 3 rings (SSSR count). The van der Waals surface area contributed by atoms with Gasteiger partial charge < -0.3 is 4.90 Å². The average Bonchev–Trinajstić information content (AvgIpc) is 2.74. The smallest absolute Gasteiger partial charge is 0.243 e. The number of amides is 1. The number of nitriles is 1. The molecule has 2 aliphatic heterocycles. The summed E-state index contributed by atoms with van der Waals surface area (Å²) in [4.78, 5) is 16.8. The summed E-state index contributed by atoms with van der Waals surface area (Å²) >= 11 is 0. The lowest BCUT2D eigenvalue weighted by Gasteiger charge is -2.43. The summed E-state index contributed by atoms with van der Waals surface area (Å²) in [6, 6.07) is 2.83. The minimum Gasteiger partial charge on any atom is -0.338 e. The van der Waals surface area contributed by atoms with E-state index in [1.54, 1.807) is 0 Å². The van der Waals surface area contributed by atoms with E-state index in [1.807, 2.05) is 4.90 Å². The first-order valence-electron chi connectivity index (χ1n) is 6.70. The van der Waals surface area contributed by atoms with Crippen LogP contribution in [0.1, 0.15) is 32.1 Å². The van der Waals surface area contributed by atoms with Gasteiger partial charge in [0, 0.05) is 25.7 Å². The van der Waals surface area contributed by atoms with E-state index in [1.165, 1.54) is 19.4 Å². The number of carbonyl (C=O) groups is 1. The molecular formula is C13H19N3O. The molecule has 0 aromatic carbocycles. The number of fused-ring (bicyclic) bond motifs is 1. The van der Waals surface area contributed by atoms with Gasteiger partial charge in [0.05, 0.1) is 6.07 Å². The predicted octanol–water partition coefficient (Wildman–Crippen LogP) is 0.987. The first kappa shape index (κ1) is 11.0. The van der Waals surface area contributed by atoms with Crippen LogP contribution in [0, 0.1) is 16.7 Å². The van der Waals surface area contributed by atoms with E-state index in [9.17, 15) is 10.1 Å². The number of nitrogens with zero attached hydrogens (tertiary/aromatic N) is 3. The van der Waals surface area contributed by atoms with Crippen molar-refractivity contribution < 1.29 is 4.79 Å². The molecule has 4 nitrogen and oxygen atoms in total. The topological polar surface area (TPSA) is 47.3 Å².